The Labute approximate surface area is 321 Å². The van der Waals surface area contributed by atoms with Crippen molar-refractivity contribution in [2.75, 3.05) is 10.6 Å². The molecule has 3 N–H and O–H groups in total. The van der Waals surface area contributed by atoms with E-state index in [0.717, 1.165) is 16.0 Å². The summed E-state index contributed by atoms with van der Waals surface area (Å²) in [6, 6.07) is 40.5. The fraction of sp³-hybridized carbons (Fsp3) is 0.0952. The smallest absolute Gasteiger partial charge is 0.272 e. The van der Waals surface area contributed by atoms with Crippen molar-refractivity contribution in [3.8, 4) is 17.0 Å². The molecule has 0 bridgehead atoms. The number of benzene rings is 5. The van der Waals surface area contributed by atoms with Gasteiger partial charge in [0.2, 0.25) is 5.91 Å². The van der Waals surface area contributed by atoms with Gasteiger partial charge in [0.1, 0.15) is 18.1 Å². The third kappa shape index (κ3) is 10.4. The molecule has 1 atom stereocenters. The fourth-order valence-corrected chi connectivity index (χ4v) is 7.11. The highest BCUT2D eigenvalue weighted by Crippen LogP contribution is 2.32. The number of ether oxygens (including phenoxy) is 1. The van der Waals surface area contributed by atoms with E-state index < -0.39 is 17.1 Å². The summed E-state index contributed by atoms with van der Waals surface area (Å²) < 4.78 is 5.91. The van der Waals surface area contributed by atoms with Crippen LogP contribution < -0.4 is 20.7 Å². The maximum absolute atomic E-state index is 13.7. The Morgan fingerprint density at radius 2 is 1.57 bits per heavy atom. The van der Waals surface area contributed by atoms with Gasteiger partial charge < -0.3 is 20.7 Å². The minimum absolute atomic E-state index is 0.0558. The highest BCUT2D eigenvalue weighted by Gasteiger charge is 2.21. The summed E-state index contributed by atoms with van der Waals surface area (Å²) in [5.41, 5.74) is 4.20. The van der Waals surface area contributed by atoms with Gasteiger partial charge in [0, 0.05) is 32.1 Å². The Morgan fingerprint density at radius 1 is 0.849 bits per heavy atom. The van der Waals surface area contributed by atoms with Crippen LogP contribution in [0.3, 0.4) is 0 Å². The standard InChI is InChI=1S/C42H35ClN4O4S2/c1-2-38(41(50)47-42-46-37(27-52-42)34-18-9-10-19-35(34)43)53-33-17-11-16-31(25-33)44-40(49)36(45-39(48)30-14-7-4-8-15-30)24-28-20-22-32(23-21-28)51-26-29-12-5-3-6-13-29/h3-25,27,38H,2,26H2,1H3,(H,44,49)(H,45,48)(H,46,47,50)/b36-24-. The summed E-state index contributed by atoms with van der Waals surface area (Å²) >= 11 is 9.05. The number of nitrogens with one attached hydrogen (secondary N) is 3. The van der Waals surface area contributed by atoms with Gasteiger partial charge in [0.25, 0.3) is 11.8 Å². The molecule has 0 aliphatic rings. The van der Waals surface area contributed by atoms with Gasteiger partial charge in [-0.1, -0.05) is 103 Å². The van der Waals surface area contributed by atoms with Crippen LogP contribution in [0.15, 0.2) is 149 Å². The van der Waals surface area contributed by atoms with Crippen molar-refractivity contribution in [3.63, 3.8) is 0 Å². The Hall–Kier alpha value is -5.68. The first-order valence-corrected chi connectivity index (χ1v) is 18.9. The molecule has 1 unspecified atom stereocenters. The van der Waals surface area contributed by atoms with E-state index in [9.17, 15) is 14.4 Å². The number of nitrogens with zero attached hydrogens (tertiary/aromatic N) is 1. The van der Waals surface area contributed by atoms with E-state index in [1.165, 1.54) is 23.1 Å². The molecule has 3 amide bonds. The first kappa shape index (κ1) is 37.1. The molecule has 1 heterocycles. The highest BCUT2D eigenvalue weighted by atomic mass is 35.5. The summed E-state index contributed by atoms with van der Waals surface area (Å²) in [7, 11) is 0. The third-order valence-electron chi connectivity index (χ3n) is 7.89. The molecule has 0 fully saturated rings. The lowest BCUT2D eigenvalue weighted by molar-refractivity contribution is -0.116. The van der Waals surface area contributed by atoms with Gasteiger partial charge in [-0.15, -0.1) is 23.1 Å². The number of carbonyl (C=O) groups excluding carboxylic acids is 3. The molecule has 0 aliphatic carbocycles. The van der Waals surface area contributed by atoms with Crippen LogP contribution >= 0.6 is 34.7 Å². The minimum atomic E-state index is -0.510. The van der Waals surface area contributed by atoms with Crippen LogP contribution in [0.2, 0.25) is 5.02 Å². The fourth-order valence-electron chi connectivity index (χ4n) is 5.15. The van der Waals surface area contributed by atoms with Crippen molar-refractivity contribution in [3.05, 3.63) is 166 Å². The predicted octanol–water partition coefficient (Wildman–Crippen LogP) is 9.96. The van der Waals surface area contributed by atoms with Gasteiger partial charge in [-0.25, -0.2) is 4.98 Å². The number of aromatic nitrogens is 1. The number of hydrogen-bond donors (Lipinski definition) is 3. The average molecular weight is 759 g/mol. The van der Waals surface area contributed by atoms with Gasteiger partial charge in [-0.2, -0.15) is 0 Å². The largest absolute Gasteiger partial charge is 0.489 e. The first-order valence-electron chi connectivity index (χ1n) is 16.8. The van der Waals surface area contributed by atoms with Crippen LogP contribution in [-0.4, -0.2) is 28.0 Å². The quantitative estimate of drug-likeness (QED) is 0.0754. The number of halogens is 1. The van der Waals surface area contributed by atoms with Crippen molar-refractivity contribution in [1.29, 1.82) is 0 Å². The Balaban J connectivity index is 1.13. The van der Waals surface area contributed by atoms with Crippen LogP contribution in [0.25, 0.3) is 17.3 Å². The summed E-state index contributed by atoms with van der Waals surface area (Å²) in [6.07, 6.45) is 2.17. The van der Waals surface area contributed by atoms with E-state index in [1.807, 2.05) is 97.2 Å². The molecular formula is C42H35ClN4O4S2. The summed E-state index contributed by atoms with van der Waals surface area (Å²) in [4.78, 5) is 45.6. The Bertz CT molecular complexity index is 2210. The lowest BCUT2D eigenvalue weighted by Gasteiger charge is -2.15. The number of thioether (sulfide) groups is 1. The molecule has 0 spiro atoms. The van der Waals surface area contributed by atoms with Crippen LogP contribution in [-0.2, 0) is 16.2 Å². The summed E-state index contributed by atoms with van der Waals surface area (Å²) in [5.74, 6) is -0.441. The average Bonchev–Trinajstić information content (AvgIpc) is 3.65. The summed E-state index contributed by atoms with van der Waals surface area (Å²) in [5, 5.41) is 11.1. The molecule has 0 radical (unpaired) electrons. The van der Waals surface area contributed by atoms with Crippen molar-refractivity contribution in [1.82, 2.24) is 10.3 Å². The second-order valence-electron chi connectivity index (χ2n) is 11.7. The highest BCUT2D eigenvalue weighted by molar-refractivity contribution is 8.00. The Morgan fingerprint density at radius 3 is 2.30 bits per heavy atom. The molecule has 8 nitrogen and oxygen atoms in total. The van der Waals surface area contributed by atoms with Crippen molar-refractivity contribution in [2.24, 2.45) is 0 Å². The lowest BCUT2D eigenvalue weighted by atomic mass is 10.1. The van der Waals surface area contributed by atoms with Crippen molar-refractivity contribution >= 4 is 69.3 Å². The normalized spacial score (nSPS) is 11.7. The first-order chi connectivity index (χ1) is 25.8. The minimum Gasteiger partial charge on any atom is -0.489 e. The topological polar surface area (TPSA) is 109 Å². The maximum Gasteiger partial charge on any atom is 0.272 e. The second-order valence-corrected chi connectivity index (χ2v) is 14.3. The second kappa shape index (κ2) is 18.2. The molecular weight excluding hydrogens is 724 g/mol. The van der Waals surface area contributed by atoms with E-state index in [0.29, 0.717) is 51.4 Å². The van der Waals surface area contributed by atoms with E-state index in [-0.39, 0.29) is 11.6 Å². The molecule has 0 saturated carbocycles. The lowest BCUT2D eigenvalue weighted by Crippen LogP contribution is -2.30. The molecule has 53 heavy (non-hydrogen) atoms. The van der Waals surface area contributed by atoms with Gasteiger partial charge in [-0.05, 0) is 72.2 Å². The van der Waals surface area contributed by atoms with Gasteiger partial charge in [0.05, 0.1) is 10.9 Å². The van der Waals surface area contributed by atoms with Crippen molar-refractivity contribution in [2.45, 2.75) is 30.1 Å². The summed E-state index contributed by atoms with van der Waals surface area (Å²) in [6.45, 7) is 2.36. The zero-order valence-electron chi connectivity index (χ0n) is 28.6. The molecule has 11 heteroatoms. The maximum atomic E-state index is 13.7. The zero-order chi connectivity index (χ0) is 37.0. The molecule has 6 rings (SSSR count). The molecule has 266 valence electrons. The molecule has 0 aliphatic heterocycles. The number of thiazole rings is 1. The number of hydrogen-bond acceptors (Lipinski definition) is 7. The zero-order valence-corrected chi connectivity index (χ0v) is 31.0. The SMILES string of the molecule is CCC(Sc1cccc(NC(=O)/C(=C/c2ccc(OCc3ccccc3)cc2)NC(=O)c2ccccc2)c1)C(=O)Nc1nc(-c2ccccc2Cl)cs1. The number of carbonyl (C=O) groups is 3. The molecule has 5 aromatic carbocycles. The van der Waals surface area contributed by atoms with E-state index in [2.05, 4.69) is 20.9 Å². The van der Waals surface area contributed by atoms with Crippen LogP contribution in [0, 0.1) is 0 Å². The van der Waals surface area contributed by atoms with E-state index >= 15 is 0 Å². The van der Waals surface area contributed by atoms with E-state index in [4.69, 9.17) is 16.3 Å². The Kier molecular flexibility index (Phi) is 12.7. The van der Waals surface area contributed by atoms with Crippen molar-refractivity contribution < 1.29 is 19.1 Å². The van der Waals surface area contributed by atoms with Gasteiger partial charge >= 0.3 is 0 Å². The third-order valence-corrected chi connectivity index (χ3v) is 10.3. The van der Waals surface area contributed by atoms with Crippen LogP contribution in [0.1, 0.15) is 34.8 Å². The van der Waals surface area contributed by atoms with Crippen LogP contribution in [0.4, 0.5) is 10.8 Å². The monoisotopic (exact) mass is 758 g/mol. The van der Waals surface area contributed by atoms with Gasteiger partial charge in [-0.3, -0.25) is 14.4 Å². The number of anilines is 2. The van der Waals surface area contributed by atoms with Crippen LogP contribution in [0.5, 0.6) is 5.75 Å². The number of rotatable bonds is 14. The molecule has 1 aromatic heterocycles. The molecule has 0 saturated heterocycles. The number of amides is 3. The predicted molar refractivity (Wildman–Crippen MR) is 215 cm³/mol. The van der Waals surface area contributed by atoms with E-state index in [1.54, 1.807) is 54.6 Å². The van der Waals surface area contributed by atoms with Gasteiger partial charge in [0.15, 0.2) is 5.13 Å². The molecule has 6 aromatic rings.